The lowest BCUT2D eigenvalue weighted by Crippen LogP contribution is -2.33. The monoisotopic (exact) mass is 399 g/mol. The number of aliphatic hydroxyl groups is 1. The van der Waals surface area contributed by atoms with Crippen LogP contribution in [-0.2, 0) is 17.8 Å². The van der Waals surface area contributed by atoms with E-state index in [0.717, 1.165) is 0 Å². The van der Waals surface area contributed by atoms with E-state index in [1.165, 1.54) is 53.1 Å². The molecule has 0 aliphatic carbocycles. The van der Waals surface area contributed by atoms with Gasteiger partial charge < -0.3 is 10.4 Å². The molecular weight excluding hydrogens is 380 g/mol. The first-order valence-corrected chi connectivity index (χ1v) is 8.91. The first kappa shape index (κ1) is 20.3. The lowest BCUT2D eigenvalue weighted by molar-refractivity contribution is -0.116. The van der Waals surface area contributed by atoms with Crippen LogP contribution in [0, 0.1) is 18.6 Å². The number of nitrogens with zero attached hydrogens (tertiary/aromatic N) is 2. The van der Waals surface area contributed by atoms with Gasteiger partial charge in [-0.15, -0.1) is 0 Å². The average molecular weight is 399 g/mol. The second-order valence-electron chi connectivity index (χ2n) is 6.43. The largest absolute Gasteiger partial charge is 0.396 e. The molecule has 150 valence electrons. The molecule has 6 nitrogen and oxygen atoms in total. The van der Waals surface area contributed by atoms with Crippen LogP contribution in [0.25, 0.3) is 11.4 Å². The van der Waals surface area contributed by atoms with Crippen LogP contribution in [0.2, 0.25) is 0 Å². The molecule has 3 aromatic rings. The maximum absolute atomic E-state index is 13.3. The van der Waals surface area contributed by atoms with E-state index in [4.69, 9.17) is 0 Å². The normalized spacial score (nSPS) is 10.8. The van der Waals surface area contributed by atoms with E-state index in [1.807, 2.05) is 0 Å². The molecule has 2 aromatic carbocycles. The summed E-state index contributed by atoms with van der Waals surface area (Å²) in [6, 6.07) is 10.6. The first-order chi connectivity index (χ1) is 13.9. The van der Waals surface area contributed by atoms with Crippen LogP contribution in [0.15, 0.2) is 53.3 Å². The highest BCUT2D eigenvalue weighted by Crippen LogP contribution is 2.18. The molecule has 0 atom stereocenters. The third kappa shape index (κ3) is 4.72. The van der Waals surface area contributed by atoms with Crippen LogP contribution in [0.3, 0.4) is 0 Å². The van der Waals surface area contributed by atoms with Crippen molar-refractivity contribution in [3.63, 3.8) is 0 Å². The Morgan fingerprint density at radius 1 is 1.07 bits per heavy atom. The number of amides is 1. The van der Waals surface area contributed by atoms with Gasteiger partial charge in [0.1, 0.15) is 24.0 Å². The van der Waals surface area contributed by atoms with Gasteiger partial charge in [-0.2, -0.15) is 0 Å². The van der Waals surface area contributed by atoms with Crippen molar-refractivity contribution < 1.29 is 18.7 Å². The molecule has 0 aliphatic heterocycles. The summed E-state index contributed by atoms with van der Waals surface area (Å²) in [5.74, 6) is -1.18. The first-order valence-electron chi connectivity index (χ1n) is 8.91. The molecule has 0 bridgehead atoms. The Hall–Kier alpha value is -3.39. The van der Waals surface area contributed by atoms with Crippen LogP contribution in [0.4, 0.5) is 14.5 Å². The third-order valence-corrected chi connectivity index (χ3v) is 4.36. The molecule has 1 amide bonds. The molecule has 0 radical (unpaired) electrons. The predicted octanol–water partition coefficient (Wildman–Crippen LogP) is 2.67. The number of halogens is 2. The minimum Gasteiger partial charge on any atom is -0.396 e. The zero-order valence-electron chi connectivity index (χ0n) is 15.7. The number of aryl methyl sites for hydroxylation is 1. The van der Waals surface area contributed by atoms with Gasteiger partial charge in [0.05, 0.1) is 0 Å². The van der Waals surface area contributed by atoms with Crippen molar-refractivity contribution in [2.75, 3.05) is 11.9 Å². The van der Waals surface area contributed by atoms with Crippen LogP contribution >= 0.6 is 0 Å². The maximum Gasteiger partial charge on any atom is 0.257 e. The van der Waals surface area contributed by atoms with Crippen molar-refractivity contribution in [2.45, 2.75) is 19.9 Å². The lowest BCUT2D eigenvalue weighted by Gasteiger charge is -2.16. The fraction of sp³-hybridized carbons (Fsp3) is 0.190. The van der Waals surface area contributed by atoms with Crippen LogP contribution < -0.4 is 10.9 Å². The van der Waals surface area contributed by atoms with Crippen molar-refractivity contribution in [1.82, 2.24) is 9.55 Å². The summed E-state index contributed by atoms with van der Waals surface area (Å²) in [5.41, 5.74) is 1.12. The Labute approximate surface area is 165 Å². The van der Waals surface area contributed by atoms with Gasteiger partial charge in [0.2, 0.25) is 5.91 Å². The zero-order chi connectivity index (χ0) is 21.0. The van der Waals surface area contributed by atoms with Gasteiger partial charge >= 0.3 is 0 Å². The average Bonchev–Trinajstić information content (AvgIpc) is 2.69. The molecule has 1 aromatic heterocycles. The van der Waals surface area contributed by atoms with E-state index in [-0.39, 0.29) is 25.4 Å². The molecule has 1 heterocycles. The molecule has 0 unspecified atom stereocenters. The lowest BCUT2D eigenvalue weighted by atomic mass is 10.1. The van der Waals surface area contributed by atoms with E-state index in [2.05, 4.69) is 10.3 Å². The Morgan fingerprint density at radius 2 is 1.66 bits per heavy atom. The summed E-state index contributed by atoms with van der Waals surface area (Å²) >= 11 is 0. The quantitative estimate of drug-likeness (QED) is 0.668. The van der Waals surface area contributed by atoms with Crippen LogP contribution in [0.1, 0.15) is 11.3 Å². The molecule has 0 aliphatic rings. The van der Waals surface area contributed by atoms with Gasteiger partial charge in [0.25, 0.3) is 5.56 Å². The summed E-state index contributed by atoms with van der Waals surface area (Å²) in [6.07, 6.45) is 0.0982. The summed E-state index contributed by atoms with van der Waals surface area (Å²) in [7, 11) is 0. The molecule has 0 spiro atoms. The summed E-state index contributed by atoms with van der Waals surface area (Å²) < 4.78 is 27.5. The van der Waals surface area contributed by atoms with Gasteiger partial charge in [-0.25, -0.2) is 13.8 Å². The maximum atomic E-state index is 13.3. The smallest absolute Gasteiger partial charge is 0.257 e. The highest BCUT2D eigenvalue weighted by Gasteiger charge is 2.18. The number of benzene rings is 2. The number of aromatic nitrogens is 2. The van der Waals surface area contributed by atoms with Gasteiger partial charge in [-0.05, 0) is 55.5 Å². The zero-order valence-corrected chi connectivity index (χ0v) is 15.7. The molecule has 29 heavy (non-hydrogen) atoms. The van der Waals surface area contributed by atoms with Crippen molar-refractivity contribution in [3.05, 3.63) is 81.8 Å². The van der Waals surface area contributed by atoms with Crippen molar-refractivity contribution in [1.29, 1.82) is 0 Å². The van der Waals surface area contributed by atoms with Gasteiger partial charge in [0, 0.05) is 35.5 Å². The molecule has 0 saturated carbocycles. The Morgan fingerprint density at radius 3 is 2.24 bits per heavy atom. The standard InChI is InChI=1S/C21H19F2N3O3/c1-13-18(10-11-27)21(29)26(20(24-13)14-2-4-15(22)5-3-14)12-19(28)25-17-8-6-16(23)7-9-17/h2-9,27H,10-12H2,1H3,(H,25,28). The van der Waals surface area contributed by atoms with Crippen LogP contribution in [0.5, 0.6) is 0 Å². The topological polar surface area (TPSA) is 84.2 Å². The minimum absolute atomic E-state index is 0.0982. The Balaban J connectivity index is 2.01. The summed E-state index contributed by atoms with van der Waals surface area (Å²) in [6.45, 7) is 1.05. The van der Waals surface area contributed by atoms with E-state index in [0.29, 0.717) is 22.5 Å². The number of carbonyl (C=O) groups is 1. The summed E-state index contributed by atoms with van der Waals surface area (Å²) in [5, 5.41) is 11.8. The fourth-order valence-electron chi connectivity index (χ4n) is 2.94. The molecule has 2 N–H and O–H groups in total. The Bertz CT molecular complexity index is 1080. The highest BCUT2D eigenvalue weighted by atomic mass is 19.1. The summed E-state index contributed by atoms with van der Waals surface area (Å²) in [4.78, 5) is 29.9. The number of anilines is 1. The molecule has 0 saturated heterocycles. The fourth-order valence-corrected chi connectivity index (χ4v) is 2.94. The van der Waals surface area contributed by atoms with Crippen molar-refractivity contribution in [2.24, 2.45) is 0 Å². The van der Waals surface area contributed by atoms with Gasteiger partial charge in [-0.1, -0.05) is 0 Å². The predicted molar refractivity (Wildman–Crippen MR) is 104 cm³/mol. The van der Waals surface area contributed by atoms with E-state index in [9.17, 15) is 23.5 Å². The van der Waals surface area contributed by atoms with E-state index in [1.54, 1.807) is 6.92 Å². The molecule has 8 heteroatoms. The Kier molecular flexibility index (Phi) is 6.13. The van der Waals surface area contributed by atoms with E-state index < -0.39 is 23.1 Å². The molecule has 3 rings (SSSR count). The van der Waals surface area contributed by atoms with E-state index >= 15 is 0 Å². The van der Waals surface area contributed by atoms with Crippen LogP contribution in [-0.4, -0.2) is 27.2 Å². The number of aliphatic hydroxyl groups excluding tert-OH is 1. The number of hydrogen-bond donors (Lipinski definition) is 2. The number of carbonyl (C=O) groups excluding carboxylic acids is 1. The molecule has 0 fully saturated rings. The van der Waals surface area contributed by atoms with Crippen molar-refractivity contribution >= 4 is 11.6 Å². The van der Waals surface area contributed by atoms with Crippen molar-refractivity contribution in [3.8, 4) is 11.4 Å². The third-order valence-electron chi connectivity index (χ3n) is 4.36. The van der Waals surface area contributed by atoms with Gasteiger partial charge in [-0.3, -0.25) is 14.2 Å². The SMILES string of the molecule is Cc1nc(-c2ccc(F)cc2)n(CC(=O)Nc2ccc(F)cc2)c(=O)c1CCO. The second-order valence-corrected chi connectivity index (χ2v) is 6.43. The molecular formula is C21H19F2N3O3. The number of rotatable bonds is 6. The number of hydrogen-bond acceptors (Lipinski definition) is 4. The highest BCUT2D eigenvalue weighted by molar-refractivity contribution is 5.90. The second kappa shape index (κ2) is 8.74. The number of nitrogens with one attached hydrogen (secondary N) is 1. The van der Waals surface area contributed by atoms with Gasteiger partial charge in [0.15, 0.2) is 0 Å². The minimum atomic E-state index is -0.511.